The van der Waals surface area contributed by atoms with Gasteiger partial charge in [0.25, 0.3) is 0 Å². The van der Waals surface area contributed by atoms with Crippen LogP contribution in [0.15, 0.2) is 30.5 Å². The molecule has 1 aromatic carbocycles. The summed E-state index contributed by atoms with van der Waals surface area (Å²) < 4.78 is 51.6. The highest BCUT2D eigenvalue weighted by molar-refractivity contribution is 9.08. The molecule has 0 amide bonds. The van der Waals surface area contributed by atoms with Crippen molar-refractivity contribution in [1.29, 1.82) is 0 Å². The van der Waals surface area contributed by atoms with Gasteiger partial charge < -0.3 is 0 Å². The van der Waals surface area contributed by atoms with Crippen LogP contribution in [-0.2, 0) is 11.5 Å². The first-order valence-electron chi connectivity index (χ1n) is 4.89. The monoisotopic (exact) mass is 322 g/mol. The van der Waals surface area contributed by atoms with Gasteiger partial charge in [0.2, 0.25) is 0 Å². The Morgan fingerprint density at radius 1 is 1.22 bits per heavy atom. The Labute approximate surface area is 108 Å². The summed E-state index contributed by atoms with van der Waals surface area (Å²) in [7, 11) is 0. The summed E-state index contributed by atoms with van der Waals surface area (Å²) in [5.41, 5.74) is -0.374. The molecule has 18 heavy (non-hydrogen) atoms. The van der Waals surface area contributed by atoms with Gasteiger partial charge in [-0.1, -0.05) is 22.0 Å². The summed E-state index contributed by atoms with van der Waals surface area (Å²) in [5.74, 6) is -0.622. The van der Waals surface area contributed by atoms with E-state index in [1.54, 1.807) is 6.07 Å². The minimum atomic E-state index is -4.53. The topological polar surface area (TPSA) is 17.8 Å². The molecule has 1 aromatic heterocycles. The van der Waals surface area contributed by atoms with E-state index < -0.39 is 17.7 Å². The largest absolute Gasteiger partial charge is 0.435 e. The van der Waals surface area contributed by atoms with Gasteiger partial charge in [-0.3, -0.25) is 0 Å². The predicted molar refractivity (Wildman–Crippen MR) is 61.2 cm³/mol. The Bertz CT molecular complexity index is 562. The Hall–Kier alpha value is -1.37. The maximum atomic E-state index is 13.7. The molecule has 2 nitrogen and oxygen atoms in total. The van der Waals surface area contributed by atoms with E-state index in [1.807, 2.05) is 0 Å². The first-order valence-corrected chi connectivity index (χ1v) is 6.01. The third-order valence-corrected chi connectivity index (χ3v) is 2.94. The third-order valence-electron chi connectivity index (χ3n) is 2.29. The van der Waals surface area contributed by atoms with Gasteiger partial charge >= 0.3 is 6.18 Å². The molecule has 0 aliphatic heterocycles. The predicted octanol–water partition coefficient (Wildman–Crippen LogP) is 3.93. The van der Waals surface area contributed by atoms with Crippen molar-refractivity contribution in [2.45, 2.75) is 11.5 Å². The summed E-state index contributed by atoms with van der Waals surface area (Å²) in [6.07, 6.45) is -3.45. The molecular formula is C11H7BrF4N2. The number of halogens is 5. The van der Waals surface area contributed by atoms with Crippen LogP contribution in [0.1, 0.15) is 11.3 Å². The molecule has 0 saturated heterocycles. The lowest BCUT2D eigenvalue weighted by atomic mass is 10.2. The van der Waals surface area contributed by atoms with Crippen LogP contribution in [0, 0.1) is 5.82 Å². The summed E-state index contributed by atoms with van der Waals surface area (Å²) in [5, 5.41) is 3.78. The van der Waals surface area contributed by atoms with Crippen LogP contribution in [0.25, 0.3) is 5.69 Å². The number of benzene rings is 1. The Morgan fingerprint density at radius 2 is 1.94 bits per heavy atom. The normalized spacial score (nSPS) is 11.8. The number of aromatic nitrogens is 2. The van der Waals surface area contributed by atoms with Crippen molar-refractivity contribution in [2.75, 3.05) is 0 Å². The van der Waals surface area contributed by atoms with E-state index in [0.717, 1.165) is 16.9 Å². The number of hydrogen-bond acceptors (Lipinski definition) is 1. The van der Waals surface area contributed by atoms with Gasteiger partial charge in [-0.05, 0) is 23.8 Å². The molecule has 0 N–H and O–H groups in total. The van der Waals surface area contributed by atoms with Gasteiger partial charge in [-0.25, -0.2) is 9.07 Å². The Morgan fingerprint density at radius 3 is 2.44 bits per heavy atom. The Kier molecular flexibility index (Phi) is 3.43. The maximum Gasteiger partial charge on any atom is 0.435 e. The molecule has 0 spiro atoms. The fourth-order valence-corrected chi connectivity index (χ4v) is 1.78. The van der Waals surface area contributed by atoms with Crippen LogP contribution in [-0.4, -0.2) is 9.78 Å². The van der Waals surface area contributed by atoms with E-state index in [2.05, 4.69) is 21.0 Å². The van der Waals surface area contributed by atoms with Crippen molar-refractivity contribution in [1.82, 2.24) is 9.78 Å². The summed E-state index contributed by atoms with van der Waals surface area (Å²) in [6.45, 7) is 0. The molecule has 0 fully saturated rings. The second kappa shape index (κ2) is 4.72. The zero-order chi connectivity index (χ0) is 13.3. The quantitative estimate of drug-likeness (QED) is 0.605. The molecule has 0 radical (unpaired) electrons. The van der Waals surface area contributed by atoms with Crippen LogP contribution in [0.3, 0.4) is 0 Å². The highest BCUT2D eigenvalue weighted by atomic mass is 79.9. The van der Waals surface area contributed by atoms with E-state index in [1.165, 1.54) is 12.1 Å². The van der Waals surface area contributed by atoms with E-state index >= 15 is 0 Å². The van der Waals surface area contributed by atoms with Crippen molar-refractivity contribution in [3.05, 3.63) is 47.5 Å². The fourth-order valence-electron chi connectivity index (χ4n) is 1.43. The molecular weight excluding hydrogens is 316 g/mol. The van der Waals surface area contributed by atoms with Gasteiger partial charge in [0.05, 0.1) is 0 Å². The van der Waals surface area contributed by atoms with Gasteiger partial charge in [0, 0.05) is 11.5 Å². The molecule has 1 heterocycles. The summed E-state index contributed by atoms with van der Waals surface area (Å²) in [6, 6.07) is 5.05. The summed E-state index contributed by atoms with van der Waals surface area (Å²) >= 11 is 3.16. The van der Waals surface area contributed by atoms with Crippen molar-refractivity contribution in [2.24, 2.45) is 0 Å². The van der Waals surface area contributed by atoms with E-state index in [9.17, 15) is 17.6 Å². The number of rotatable bonds is 2. The highest BCUT2D eigenvalue weighted by Crippen LogP contribution is 2.28. The Balaban J connectivity index is 2.40. The second-order valence-electron chi connectivity index (χ2n) is 3.56. The SMILES string of the molecule is Fc1cc(CBr)ccc1-n1ccc(C(F)(F)F)n1. The van der Waals surface area contributed by atoms with Crippen LogP contribution < -0.4 is 0 Å². The molecule has 0 unspecified atom stereocenters. The first kappa shape index (κ1) is 13.1. The molecule has 0 bridgehead atoms. The number of hydrogen-bond donors (Lipinski definition) is 0. The van der Waals surface area contributed by atoms with E-state index in [4.69, 9.17) is 0 Å². The maximum absolute atomic E-state index is 13.7. The lowest BCUT2D eigenvalue weighted by molar-refractivity contribution is -0.141. The van der Waals surface area contributed by atoms with E-state index in [-0.39, 0.29) is 5.69 Å². The molecule has 2 aromatic rings. The zero-order valence-electron chi connectivity index (χ0n) is 8.88. The van der Waals surface area contributed by atoms with Gasteiger partial charge in [0.15, 0.2) is 5.69 Å². The molecule has 2 rings (SSSR count). The van der Waals surface area contributed by atoms with Gasteiger partial charge in [-0.2, -0.15) is 18.3 Å². The first-order chi connectivity index (χ1) is 8.41. The van der Waals surface area contributed by atoms with Crippen LogP contribution >= 0.6 is 15.9 Å². The number of nitrogens with zero attached hydrogens (tertiary/aromatic N) is 2. The lowest BCUT2D eigenvalue weighted by Crippen LogP contribution is -2.07. The second-order valence-corrected chi connectivity index (χ2v) is 4.12. The smallest absolute Gasteiger partial charge is 0.237 e. The molecule has 7 heteroatoms. The minimum Gasteiger partial charge on any atom is -0.237 e. The molecule has 0 aliphatic carbocycles. The number of alkyl halides is 4. The van der Waals surface area contributed by atoms with Crippen LogP contribution in [0.2, 0.25) is 0 Å². The fraction of sp³-hybridized carbons (Fsp3) is 0.182. The molecule has 96 valence electrons. The van der Waals surface area contributed by atoms with Crippen molar-refractivity contribution in [3.8, 4) is 5.69 Å². The van der Waals surface area contributed by atoms with Gasteiger partial charge in [-0.15, -0.1) is 0 Å². The standard InChI is InChI=1S/C11H7BrF4N2/c12-6-7-1-2-9(8(13)5-7)18-4-3-10(17-18)11(14,15)16/h1-5H,6H2. The van der Waals surface area contributed by atoms with Gasteiger partial charge in [0.1, 0.15) is 11.5 Å². The highest BCUT2D eigenvalue weighted by Gasteiger charge is 2.33. The van der Waals surface area contributed by atoms with Crippen molar-refractivity contribution < 1.29 is 17.6 Å². The van der Waals surface area contributed by atoms with Crippen LogP contribution in [0.4, 0.5) is 17.6 Å². The van der Waals surface area contributed by atoms with Crippen LogP contribution in [0.5, 0.6) is 0 Å². The van der Waals surface area contributed by atoms with E-state index in [0.29, 0.717) is 10.9 Å². The third kappa shape index (κ3) is 2.55. The minimum absolute atomic E-state index is 0.0183. The molecule has 0 aliphatic rings. The average Bonchev–Trinajstić information content (AvgIpc) is 2.77. The molecule has 0 atom stereocenters. The average molecular weight is 323 g/mol. The zero-order valence-corrected chi connectivity index (χ0v) is 10.5. The lowest BCUT2D eigenvalue weighted by Gasteiger charge is -2.05. The molecule has 0 saturated carbocycles. The summed E-state index contributed by atoms with van der Waals surface area (Å²) in [4.78, 5) is 0. The van der Waals surface area contributed by atoms with Crippen molar-refractivity contribution in [3.63, 3.8) is 0 Å². The van der Waals surface area contributed by atoms with Crippen molar-refractivity contribution >= 4 is 15.9 Å².